The Hall–Kier alpha value is -4.22. The lowest BCUT2D eigenvalue weighted by Gasteiger charge is -2.34. The highest BCUT2D eigenvalue weighted by molar-refractivity contribution is 6.31. The van der Waals surface area contributed by atoms with Gasteiger partial charge in [0.1, 0.15) is 0 Å². The summed E-state index contributed by atoms with van der Waals surface area (Å²) in [6.45, 7) is 2.44. The molecule has 2 N–H and O–H groups in total. The Labute approximate surface area is 222 Å². The van der Waals surface area contributed by atoms with E-state index in [4.69, 9.17) is 11.6 Å². The van der Waals surface area contributed by atoms with Gasteiger partial charge in [-0.2, -0.15) is 4.98 Å². The van der Waals surface area contributed by atoms with Crippen LogP contribution in [0.1, 0.15) is 15.9 Å². The smallest absolute Gasteiger partial charge is 0.332 e. The molecule has 0 unspecified atom stereocenters. The SMILES string of the molecule is Cn1c(=O)c2[nH]c(N3CCN(CC(=O)Nc4ccc(Cl)cc4C(=O)c4ccccc4)CC3)nc2n(C)c1=O. The van der Waals surface area contributed by atoms with Crippen molar-refractivity contribution >= 4 is 46.1 Å². The summed E-state index contributed by atoms with van der Waals surface area (Å²) in [6, 6.07) is 13.6. The molecule has 11 nitrogen and oxygen atoms in total. The van der Waals surface area contributed by atoms with Crippen LogP contribution in [0.2, 0.25) is 5.02 Å². The average Bonchev–Trinajstić information content (AvgIpc) is 3.38. The Bertz CT molecular complexity index is 1650. The van der Waals surface area contributed by atoms with Crippen LogP contribution in [0.3, 0.4) is 0 Å². The number of imidazole rings is 1. The zero-order valence-corrected chi connectivity index (χ0v) is 21.7. The molecule has 1 fully saturated rings. The zero-order chi connectivity index (χ0) is 27.0. The maximum absolute atomic E-state index is 13.0. The van der Waals surface area contributed by atoms with Crippen LogP contribution >= 0.6 is 11.6 Å². The van der Waals surface area contributed by atoms with Crippen LogP contribution < -0.4 is 21.5 Å². The predicted molar refractivity (Wildman–Crippen MR) is 145 cm³/mol. The lowest BCUT2D eigenvalue weighted by Crippen LogP contribution is -2.49. The topological polar surface area (TPSA) is 125 Å². The molecule has 3 heterocycles. The van der Waals surface area contributed by atoms with Crippen LogP contribution in [0.4, 0.5) is 11.6 Å². The van der Waals surface area contributed by atoms with Crippen LogP contribution in [-0.4, -0.2) is 68.4 Å². The fraction of sp³-hybridized carbons (Fsp3) is 0.269. The van der Waals surface area contributed by atoms with Gasteiger partial charge in [-0.25, -0.2) is 4.79 Å². The number of amides is 1. The number of benzene rings is 2. The monoisotopic (exact) mass is 535 g/mol. The summed E-state index contributed by atoms with van der Waals surface area (Å²) in [5, 5.41) is 3.26. The highest BCUT2D eigenvalue weighted by atomic mass is 35.5. The van der Waals surface area contributed by atoms with Crippen molar-refractivity contribution in [2.75, 3.05) is 42.9 Å². The lowest BCUT2D eigenvalue weighted by molar-refractivity contribution is -0.117. The van der Waals surface area contributed by atoms with E-state index in [0.29, 0.717) is 59.6 Å². The molecule has 0 spiro atoms. The molecule has 1 amide bonds. The van der Waals surface area contributed by atoms with Crippen molar-refractivity contribution in [3.63, 3.8) is 0 Å². The number of piperazine rings is 1. The number of carbonyl (C=O) groups is 2. The van der Waals surface area contributed by atoms with Crippen molar-refractivity contribution in [3.8, 4) is 0 Å². The first-order chi connectivity index (χ1) is 18.2. The van der Waals surface area contributed by atoms with Crippen LogP contribution in [0.25, 0.3) is 11.2 Å². The Morgan fingerprint density at radius 1 is 1.00 bits per heavy atom. The fourth-order valence-corrected chi connectivity index (χ4v) is 4.70. The third-order valence-corrected chi connectivity index (χ3v) is 6.89. The summed E-state index contributed by atoms with van der Waals surface area (Å²) < 4.78 is 2.38. The summed E-state index contributed by atoms with van der Waals surface area (Å²) in [6.07, 6.45) is 0. The van der Waals surface area contributed by atoms with Crippen molar-refractivity contribution < 1.29 is 9.59 Å². The minimum Gasteiger partial charge on any atom is -0.340 e. The molecule has 1 aliphatic heterocycles. The third kappa shape index (κ3) is 4.85. The van der Waals surface area contributed by atoms with Crippen LogP contribution in [0, 0.1) is 0 Å². The van der Waals surface area contributed by atoms with E-state index in [9.17, 15) is 19.2 Å². The first kappa shape index (κ1) is 25.4. The molecule has 0 bridgehead atoms. The number of halogens is 1. The van der Waals surface area contributed by atoms with E-state index < -0.39 is 11.2 Å². The largest absolute Gasteiger partial charge is 0.340 e. The molecule has 5 rings (SSSR count). The second-order valence-electron chi connectivity index (χ2n) is 9.16. The third-order valence-electron chi connectivity index (χ3n) is 6.66. The molecule has 4 aromatic rings. The summed E-state index contributed by atoms with van der Waals surface area (Å²) in [4.78, 5) is 62.1. The molecule has 0 radical (unpaired) electrons. The van der Waals surface area contributed by atoms with E-state index in [2.05, 4.69) is 15.3 Å². The minimum absolute atomic E-state index is 0.143. The Kier molecular flexibility index (Phi) is 6.87. The Morgan fingerprint density at radius 2 is 1.71 bits per heavy atom. The van der Waals surface area contributed by atoms with Crippen molar-refractivity contribution in [1.29, 1.82) is 0 Å². The number of aromatic nitrogens is 4. The number of hydrogen-bond donors (Lipinski definition) is 2. The highest BCUT2D eigenvalue weighted by Crippen LogP contribution is 2.24. The van der Waals surface area contributed by atoms with Gasteiger partial charge in [0.15, 0.2) is 16.9 Å². The highest BCUT2D eigenvalue weighted by Gasteiger charge is 2.24. The average molecular weight is 536 g/mol. The molecule has 0 saturated carbocycles. The van der Waals surface area contributed by atoms with Gasteiger partial charge >= 0.3 is 5.69 Å². The van der Waals surface area contributed by atoms with Gasteiger partial charge in [0.25, 0.3) is 5.56 Å². The normalized spacial score (nSPS) is 14.1. The quantitative estimate of drug-likeness (QED) is 0.359. The number of ketones is 1. The van der Waals surface area contributed by atoms with Gasteiger partial charge in [-0.15, -0.1) is 0 Å². The maximum atomic E-state index is 13.0. The van der Waals surface area contributed by atoms with E-state index in [-0.39, 0.29) is 23.8 Å². The number of hydrogen-bond acceptors (Lipinski definition) is 7. The van der Waals surface area contributed by atoms with Gasteiger partial charge in [-0.05, 0) is 18.2 Å². The summed E-state index contributed by atoms with van der Waals surface area (Å²) in [5.74, 6) is 0.0351. The number of H-pyrrole nitrogens is 1. The van der Waals surface area contributed by atoms with Crippen molar-refractivity contribution in [3.05, 3.63) is 85.5 Å². The summed E-state index contributed by atoms with van der Waals surface area (Å²) >= 11 is 6.14. The fourth-order valence-electron chi connectivity index (χ4n) is 4.53. The van der Waals surface area contributed by atoms with E-state index >= 15 is 0 Å². The van der Waals surface area contributed by atoms with Crippen LogP contribution in [0.15, 0.2) is 58.1 Å². The van der Waals surface area contributed by atoms with Gasteiger partial charge in [0.2, 0.25) is 11.9 Å². The van der Waals surface area contributed by atoms with E-state index in [1.54, 1.807) is 49.5 Å². The number of nitrogens with one attached hydrogen (secondary N) is 2. The Balaban J connectivity index is 1.24. The lowest BCUT2D eigenvalue weighted by atomic mass is 10.0. The molecule has 12 heteroatoms. The van der Waals surface area contributed by atoms with Crippen LogP contribution in [-0.2, 0) is 18.9 Å². The molecule has 0 atom stereocenters. The van der Waals surface area contributed by atoms with Crippen molar-refractivity contribution in [2.24, 2.45) is 14.1 Å². The van der Waals surface area contributed by atoms with E-state index in [1.807, 2.05) is 15.9 Å². The number of aryl methyl sites for hydroxylation is 1. The number of aromatic amines is 1. The first-order valence-electron chi connectivity index (χ1n) is 12.0. The second kappa shape index (κ2) is 10.3. The number of nitrogens with zero attached hydrogens (tertiary/aromatic N) is 5. The zero-order valence-electron chi connectivity index (χ0n) is 20.9. The number of rotatable bonds is 6. The van der Waals surface area contributed by atoms with E-state index in [0.717, 1.165) is 4.57 Å². The predicted octanol–water partition coefficient (Wildman–Crippen LogP) is 1.61. The standard InChI is InChI=1S/C26H26ClN7O4/c1-31-23-21(24(37)32(2)26(31)38)29-25(30-23)34-12-10-33(11-13-34)15-20(35)28-19-9-8-17(27)14-18(19)22(36)16-6-4-3-5-7-16/h3-9,14H,10-13,15H2,1-2H3,(H,28,35)(H,29,30). The molecule has 1 aliphatic rings. The first-order valence-corrected chi connectivity index (χ1v) is 12.4. The molecule has 1 saturated heterocycles. The van der Waals surface area contributed by atoms with Crippen LogP contribution in [0.5, 0.6) is 0 Å². The molecule has 196 valence electrons. The van der Waals surface area contributed by atoms with Gasteiger partial charge in [0, 0.05) is 56.4 Å². The molecule has 0 aliphatic carbocycles. The number of anilines is 2. The van der Waals surface area contributed by atoms with Gasteiger partial charge in [-0.3, -0.25) is 28.4 Å². The summed E-state index contributed by atoms with van der Waals surface area (Å²) in [5.41, 5.74) is 0.947. The second-order valence-corrected chi connectivity index (χ2v) is 9.60. The molecule has 38 heavy (non-hydrogen) atoms. The van der Waals surface area contributed by atoms with Gasteiger partial charge in [-0.1, -0.05) is 41.9 Å². The Morgan fingerprint density at radius 3 is 2.42 bits per heavy atom. The number of carbonyl (C=O) groups excluding carboxylic acids is 2. The summed E-state index contributed by atoms with van der Waals surface area (Å²) in [7, 11) is 3.00. The van der Waals surface area contributed by atoms with E-state index in [1.165, 1.54) is 11.6 Å². The minimum atomic E-state index is -0.439. The molecule has 2 aromatic carbocycles. The molecule has 2 aromatic heterocycles. The van der Waals surface area contributed by atoms with Crippen molar-refractivity contribution in [2.45, 2.75) is 0 Å². The van der Waals surface area contributed by atoms with Gasteiger partial charge < -0.3 is 15.2 Å². The van der Waals surface area contributed by atoms with Gasteiger partial charge in [0.05, 0.1) is 12.2 Å². The van der Waals surface area contributed by atoms with Crippen molar-refractivity contribution in [1.82, 2.24) is 24.0 Å². The maximum Gasteiger partial charge on any atom is 0.332 e. The number of fused-ring (bicyclic) bond motifs is 1. The molecular formula is C26H26ClN7O4. The molecular weight excluding hydrogens is 510 g/mol.